The Bertz CT molecular complexity index is 1930. The number of alkyl halides is 1. The first kappa shape index (κ1) is 35.4. The van der Waals surface area contributed by atoms with Gasteiger partial charge in [-0.15, -0.1) is 6.42 Å². The zero-order chi connectivity index (χ0) is 36.6. The number of phenols is 1. The van der Waals surface area contributed by atoms with E-state index in [-0.39, 0.29) is 71.7 Å². The molecule has 2 aromatic carbocycles. The van der Waals surface area contributed by atoms with Gasteiger partial charge in [-0.2, -0.15) is 9.97 Å². The Morgan fingerprint density at radius 2 is 2.04 bits per heavy atom. The number of nitrogens with zero attached hydrogens (tertiary/aromatic N) is 5. The molecule has 2 amide bonds. The van der Waals surface area contributed by atoms with Gasteiger partial charge >= 0.3 is 12.1 Å². The molecule has 3 atom stereocenters. The van der Waals surface area contributed by atoms with Gasteiger partial charge in [0.25, 0.3) is 0 Å². The van der Waals surface area contributed by atoms with Crippen LogP contribution in [-0.2, 0) is 16.1 Å². The summed E-state index contributed by atoms with van der Waals surface area (Å²) in [5, 5.41) is 14.3. The van der Waals surface area contributed by atoms with Gasteiger partial charge in [0, 0.05) is 62.8 Å². The van der Waals surface area contributed by atoms with Crippen LogP contribution in [0.4, 0.5) is 25.1 Å². The minimum absolute atomic E-state index is 0.00848. The van der Waals surface area contributed by atoms with Gasteiger partial charge in [0.05, 0.1) is 23.3 Å². The predicted molar refractivity (Wildman–Crippen MR) is 190 cm³/mol. The number of benzene rings is 2. The first-order valence-corrected chi connectivity index (χ1v) is 17.7. The van der Waals surface area contributed by atoms with Crippen LogP contribution < -0.4 is 24.6 Å². The maximum atomic E-state index is 15.0. The van der Waals surface area contributed by atoms with Gasteiger partial charge in [0.1, 0.15) is 30.0 Å². The summed E-state index contributed by atoms with van der Waals surface area (Å²) in [5.74, 6) is 1.69. The van der Waals surface area contributed by atoms with E-state index in [1.165, 1.54) is 35.2 Å². The predicted octanol–water partition coefficient (Wildman–Crippen LogP) is 5.00. The lowest BCUT2D eigenvalue weighted by Gasteiger charge is -2.41. The fourth-order valence-electron chi connectivity index (χ4n) is 8.00. The Hall–Kier alpha value is -5.00. The maximum Gasteiger partial charge on any atom is 0.420 e. The van der Waals surface area contributed by atoms with E-state index in [1.807, 2.05) is 11.8 Å². The third-order valence-electron chi connectivity index (χ3n) is 10.5. The van der Waals surface area contributed by atoms with Gasteiger partial charge in [0.15, 0.2) is 11.6 Å². The van der Waals surface area contributed by atoms with Crippen molar-refractivity contribution >= 4 is 34.3 Å². The molecule has 7 rings (SSSR count). The molecule has 2 N–H and O–H groups in total. The minimum Gasteiger partial charge on any atom is -0.508 e. The third kappa shape index (κ3) is 6.95. The lowest BCUT2D eigenvalue weighted by molar-refractivity contribution is -0.117. The average Bonchev–Trinajstić information content (AvgIpc) is 3.27. The molecule has 4 aliphatic heterocycles. The molecule has 52 heavy (non-hydrogen) atoms. The van der Waals surface area contributed by atoms with Crippen molar-refractivity contribution in [3.63, 3.8) is 0 Å². The second-order valence-corrected chi connectivity index (χ2v) is 14.1. The summed E-state index contributed by atoms with van der Waals surface area (Å²) >= 11 is 0. The molecule has 274 valence electrons. The number of anilines is 2. The molecule has 3 saturated heterocycles. The van der Waals surface area contributed by atoms with E-state index in [9.17, 15) is 19.1 Å². The summed E-state index contributed by atoms with van der Waals surface area (Å²) in [6.45, 7) is 7.96. The van der Waals surface area contributed by atoms with E-state index in [0.29, 0.717) is 49.7 Å². The molecule has 0 bridgehead atoms. The van der Waals surface area contributed by atoms with E-state index in [4.69, 9.17) is 30.6 Å². The van der Waals surface area contributed by atoms with Gasteiger partial charge in [-0.25, -0.2) is 13.6 Å². The molecular weight excluding hydrogens is 674 g/mol. The number of likely N-dealkylation sites (tertiary alicyclic amines) is 1. The van der Waals surface area contributed by atoms with Crippen LogP contribution in [0.25, 0.3) is 10.8 Å². The third-order valence-corrected chi connectivity index (χ3v) is 10.5. The Morgan fingerprint density at radius 1 is 1.23 bits per heavy atom. The summed E-state index contributed by atoms with van der Waals surface area (Å²) in [5.41, 5.74) is -0.270. The quantitative estimate of drug-likeness (QED) is 0.243. The van der Waals surface area contributed by atoms with E-state index in [1.54, 1.807) is 0 Å². The Labute approximate surface area is 300 Å². The summed E-state index contributed by atoms with van der Waals surface area (Å²) in [6.07, 6.45) is 9.35. The topological polar surface area (TPSA) is 130 Å². The largest absolute Gasteiger partial charge is 0.508 e. The van der Waals surface area contributed by atoms with Crippen LogP contribution in [-0.4, -0.2) is 95.2 Å². The summed E-state index contributed by atoms with van der Waals surface area (Å²) in [7, 11) is 0. The molecule has 4 aliphatic rings. The Kier molecular flexibility index (Phi) is 9.91. The van der Waals surface area contributed by atoms with Crippen molar-refractivity contribution in [3.8, 4) is 29.9 Å². The van der Waals surface area contributed by atoms with Crippen LogP contribution in [0.15, 0.2) is 36.9 Å². The second-order valence-electron chi connectivity index (χ2n) is 14.1. The number of ether oxygens (including phenoxy) is 3. The van der Waals surface area contributed by atoms with E-state index < -0.39 is 23.6 Å². The SMILES string of the molecule is C#Cc1c(F)ccc2cc(O)cc(N3Cc4nc(OC[C@]5(C)C[C@@H](F)CN5C5CCOCC5)nc(N5CCCCC(NC(=O)C=C)C5)c4OC3=O)c12. The number of nitrogens with one attached hydrogen (secondary N) is 1. The lowest BCUT2D eigenvalue weighted by Crippen LogP contribution is -2.52. The standard InChI is InChI=1S/C38H42F2N6O6/c1-4-28-29(40)10-9-23-16-27(47)17-31(33(23)28)45-21-30-34(52-37(45)49)35(44-13-7-6-8-25(20-44)41-32(48)5-2)43-36(42-30)51-22-38(3)18-24(39)19-46(38)26-11-14-50-15-12-26/h1,5,9-10,16-17,24-26,47H,2,6-8,11-15,18-22H2,3H3,(H,41,48)/t24-,25?,38+/m1/s1. The van der Waals surface area contributed by atoms with Crippen molar-refractivity contribution in [2.45, 2.75) is 75.8 Å². The number of amides is 2. The fraction of sp³-hybridized carbons (Fsp3) is 0.474. The monoisotopic (exact) mass is 716 g/mol. The number of hydrogen-bond donors (Lipinski definition) is 2. The van der Waals surface area contributed by atoms with Crippen molar-refractivity contribution in [2.75, 3.05) is 49.3 Å². The highest BCUT2D eigenvalue weighted by Crippen LogP contribution is 2.42. The van der Waals surface area contributed by atoms with Gasteiger partial charge in [-0.1, -0.05) is 18.6 Å². The fourth-order valence-corrected chi connectivity index (χ4v) is 8.00. The van der Waals surface area contributed by atoms with Gasteiger partial charge < -0.3 is 29.5 Å². The van der Waals surface area contributed by atoms with E-state index in [0.717, 1.165) is 32.1 Å². The summed E-state index contributed by atoms with van der Waals surface area (Å²) in [6, 6.07) is 5.38. The normalized spacial score (nSPS) is 24.2. The highest BCUT2D eigenvalue weighted by Gasteiger charge is 2.47. The number of hydrogen-bond acceptors (Lipinski definition) is 10. The van der Waals surface area contributed by atoms with Crippen LogP contribution in [0.3, 0.4) is 0 Å². The highest BCUT2D eigenvalue weighted by atomic mass is 19.1. The molecule has 1 unspecified atom stereocenters. The lowest BCUT2D eigenvalue weighted by atomic mass is 9.96. The number of aromatic hydroxyl groups is 1. The molecule has 0 radical (unpaired) electrons. The molecule has 12 nitrogen and oxygen atoms in total. The zero-order valence-corrected chi connectivity index (χ0v) is 29.1. The molecule has 0 saturated carbocycles. The maximum absolute atomic E-state index is 15.0. The van der Waals surface area contributed by atoms with Crippen molar-refractivity contribution in [2.24, 2.45) is 0 Å². The van der Waals surface area contributed by atoms with Crippen molar-refractivity contribution in [1.29, 1.82) is 0 Å². The average molecular weight is 717 g/mol. The van der Waals surface area contributed by atoms with Gasteiger partial charge in [-0.05, 0) is 62.6 Å². The van der Waals surface area contributed by atoms with Crippen LogP contribution in [0, 0.1) is 18.2 Å². The number of phenolic OH excluding ortho intramolecular Hbond substituents is 1. The van der Waals surface area contributed by atoms with Gasteiger partial charge in [0.2, 0.25) is 5.91 Å². The molecule has 0 spiro atoms. The van der Waals surface area contributed by atoms with Crippen LogP contribution >= 0.6 is 0 Å². The number of rotatable bonds is 8. The van der Waals surface area contributed by atoms with Crippen molar-refractivity contribution < 1.29 is 37.7 Å². The van der Waals surface area contributed by atoms with Crippen molar-refractivity contribution in [3.05, 3.63) is 54.0 Å². The number of carbonyl (C=O) groups is 2. The summed E-state index contributed by atoms with van der Waals surface area (Å²) in [4.78, 5) is 41.0. The molecule has 14 heteroatoms. The Balaban J connectivity index is 1.27. The zero-order valence-electron chi connectivity index (χ0n) is 29.1. The highest BCUT2D eigenvalue weighted by molar-refractivity contribution is 6.06. The number of aromatic nitrogens is 2. The molecule has 3 fully saturated rings. The molecular formula is C38H42F2N6O6. The first-order valence-electron chi connectivity index (χ1n) is 17.7. The number of halogens is 2. The van der Waals surface area contributed by atoms with Crippen LogP contribution in [0.1, 0.15) is 56.7 Å². The van der Waals surface area contributed by atoms with Crippen molar-refractivity contribution in [1.82, 2.24) is 20.2 Å². The smallest absolute Gasteiger partial charge is 0.420 e. The van der Waals surface area contributed by atoms with E-state index >= 15 is 4.39 Å². The number of terminal acetylenes is 1. The summed E-state index contributed by atoms with van der Waals surface area (Å²) < 4.78 is 47.9. The second kappa shape index (κ2) is 14.6. The number of fused-ring (bicyclic) bond motifs is 2. The minimum atomic E-state index is -1.01. The van der Waals surface area contributed by atoms with Gasteiger partial charge in [-0.3, -0.25) is 14.6 Å². The molecule has 3 aromatic rings. The Morgan fingerprint density at radius 3 is 2.81 bits per heavy atom. The molecule has 1 aromatic heterocycles. The molecule has 5 heterocycles. The van der Waals surface area contributed by atoms with Crippen LogP contribution in [0.5, 0.6) is 17.5 Å². The molecule has 0 aliphatic carbocycles. The number of carbonyl (C=O) groups excluding carboxylic acids is 2. The van der Waals surface area contributed by atoms with E-state index in [2.05, 4.69) is 22.7 Å². The first-order chi connectivity index (χ1) is 25.1. The van der Waals surface area contributed by atoms with Crippen LogP contribution in [0.2, 0.25) is 0 Å².